The average Bonchev–Trinajstić information content (AvgIpc) is 3.43. The molecular weight excluding hydrogens is 452 g/mol. The van der Waals surface area contributed by atoms with E-state index in [1.54, 1.807) is 4.57 Å². The van der Waals surface area contributed by atoms with Crippen molar-refractivity contribution in [1.29, 1.82) is 5.26 Å². The fraction of sp³-hybridized carbons (Fsp3) is 0.600. The molecule has 2 saturated heterocycles. The van der Waals surface area contributed by atoms with Gasteiger partial charge in [0, 0.05) is 31.2 Å². The van der Waals surface area contributed by atoms with E-state index in [9.17, 15) is 14.9 Å². The first-order valence-electron chi connectivity index (χ1n) is 12.2. The van der Waals surface area contributed by atoms with E-state index in [1.165, 1.54) is 18.2 Å². The van der Waals surface area contributed by atoms with Gasteiger partial charge in [-0.15, -0.1) is 0 Å². The topological polar surface area (TPSA) is 69.3 Å². The van der Waals surface area contributed by atoms with Crippen molar-refractivity contribution in [1.82, 2.24) is 9.47 Å². The first kappa shape index (κ1) is 24.0. The fourth-order valence-corrected chi connectivity index (χ4v) is 6.58. The Kier molecular flexibility index (Phi) is 7.60. The molecule has 2 aliphatic heterocycles. The van der Waals surface area contributed by atoms with E-state index >= 15 is 0 Å². The Morgan fingerprint density at radius 2 is 1.85 bits per heavy atom. The first-order chi connectivity index (χ1) is 16.0. The van der Waals surface area contributed by atoms with E-state index in [-0.39, 0.29) is 23.1 Å². The van der Waals surface area contributed by atoms with Crippen LogP contribution in [0.25, 0.3) is 6.08 Å². The molecule has 0 unspecified atom stereocenters. The minimum absolute atomic E-state index is 0.0338. The van der Waals surface area contributed by atoms with Crippen molar-refractivity contribution in [3.05, 3.63) is 31.9 Å². The number of rotatable bonds is 6. The third kappa shape index (κ3) is 4.63. The molecule has 0 aromatic carbocycles. The molecule has 0 bridgehead atoms. The lowest BCUT2D eigenvalue weighted by atomic mass is 9.94. The van der Waals surface area contributed by atoms with Crippen LogP contribution in [0.4, 0.5) is 5.82 Å². The van der Waals surface area contributed by atoms with Crippen molar-refractivity contribution >= 4 is 46.1 Å². The molecule has 8 heteroatoms. The maximum absolute atomic E-state index is 13.4. The van der Waals surface area contributed by atoms with Crippen molar-refractivity contribution in [3.63, 3.8) is 0 Å². The summed E-state index contributed by atoms with van der Waals surface area (Å²) in [5.41, 5.74) is 1.41. The Hall–Kier alpha value is -2.11. The number of thiocarbonyl (C=S) groups is 1. The third-order valence-electron chi connectivity index (χ3n) is 7.03. The van der Waals surface area contributed by atoms with Crippen LogP contribution in [0.15, 0.2) is 9.70 Å². The van der Waals surface area contributed by atoms with Crippen molar-refractivity contribution in [2.24, 2.45) is 0 Å². The van der Waals surface area contributed by atoms with Gasteiger partial charge in [0.2, 0.25) is 0 Å². The number of nitriles is 1. The van der Waals surface area contributed by atoms with Gasteiger partial charge in [0.1, 0.15) is 21.8 Å². The van der Waals surface area contributed by atoms with Crippen LogP contribution >= 0.6 is 24.0 Å². The largest absolute Gasteiger partial charge is 0.357 e. The van der Waals surface area contributed by atoms with Crippen molar-refractivity contribution in [2.75, 3.05) is 18.0 Å². The standard InChI is InChI=1S/C25H32N4O2S2/c1-3-4-14-28-22(27-12-8-9-13-27)19(17(2)20(16-26)23(28)30)15-21-24(31)29(25(32)33-21)18-10-6-5-7-11-18/h15,18H,3-14H2,1-2H3/b21-15+. The lowest BCUT2D eigenvalue weighted by Gasteiger charge is -2.30. The highest BCUT2D eigenvalue weighted by atomic mass is 32.2. The van der Waals surface area contributed by atoms with Gasteiger partial charge in [0.05, 0.1) is 4.91 Å². The number of carbonyl (C=O) groups is 1. The number of amides is 1. The number of pyridine rings is 1. The number of thioether (sulfide) groups is 1. The van der Waals surface area contributed by atoms with E-state index in [1.807, 2.05) is 17.9 Å². The molecule has 1 aliphatic carbocycles. The number of unbranched alkanes of at least 4 members (excludes halogenated alkanes) is 1. The molecule has 1 aromatic heterocycles. The van der Waals surface area contributed by atoms with Crippen LogP contribution in [0.2, 0.25) is 0 Å². The van der Waals surface area contributed by atoms with Crippen LogP contribution in [-0.4, -0.2) is 38.8 Å². The zero-order valence-electron chi connectivity index (χ0n) is 19.6. The van der Waals surface area contributed by atoms with Gasteiger partial charge in [-0.2, -0.15) is 5.26 Å². The molecule has 1 amide bonds. The van der Waals surface area contributed by atoms with E-state index in [4.69, 9.17) is 12.2 Å². The molecule has 0 radical (unpaired) electrons. The number of anilines is 1. The molecule has 4 rings (SSSR count). The van der Waals surface area contributed by atoms with Gasteiger partial charge in [-0.25, -0.2) is 0 Å². The summed E-state index contributed by atoms with van der Waals surface area (Å²) in [7, 11) is 0. The summed E-state index contributed by atoms with van der Waals surface area (Å²) in [6.07, 6.45) is 11.3. The number of aromatic nitrogens is 1. The first-order valence-corrected chi connectivity index (χ1v) is 13.4. The van der Waals surface area contributed by atoms with E-state index in [0.29, 0.717) is 21.3 Å². The Morgan fingerprint density at radius 1 is 1.15 bits per heavy atom. The highest BCUT2D eigenvalue weighted by molar-refractivity contribution is 8.26. The normalized spacial score (nSPS) is 20.8. The molecule has 0 atom stereocenters. The van der Waals surface area contributed by atoms with E-state index in [2.05, 4.69) is 17.9 Å². The molecule has 33 heavy (non-hydrogen) atoms. The Morgan fingerprint density at radius 3 is 2.48 bits per heavy atom. The average molecular weight is 485 g/mol. The predicted molar refractivity (Wildman–Crippen MR) is 138 cm³/mol. The summed E-state index contributed by atoms with van der Waals surface area (Å²) in [6.45, 7) is 6.25. The third-order valence-corrected chi connectivity index (χ3v) is 8.36. The zero-order valence-corrected chi connectivity index (χ0v) is 21.2. The highest BCUT2D eigenvalue weighted by Crippen LogP contribution is 2.39. The van der Waals surface area contributed by atoms with Crippen LogP contribution in [0.5, 0.6) is 0 Å². The van der Waals surface area contributed by atoms with Gasteiger partial charge < -0.3 is 4.90 Å². The Bertz CT molecular complexity index is 1070. The highest BCUT2D eigenvalue weighted by Gasteiger charge is 2.38. The van der Waals surface area contributed by atoms with Gasteiger partial charge in [0.15, 0.2) is 0 Å². The minimum Gasteiger partial charge on any atom is -0.357 e. The number of nitrogens with zero attached hydrogens (tertiary/aromatic N) is 4. The second-order valence-corrected chi connectivity index (χ2v) is 10.9. The number of carbonyl (C=O) groups excluding carboxylic acids is 1. The van der Waals surface area contributed by atoms with Crippen LogP contribution in [0.3, 0.4) is 0 Å². The van der Waals surface area contributed by atoms with Crippen LogP contribution < -0.4 is 10.5 Å². The van der Waals surface area contributed by atoms with Gasteiger partial charge in [-0.1, -0.05) is 56.6 Å². The van der Waals surface area contributed by atoms with Crippen molar-refractivity contribution < 1.29 is 4.79 Å². The summed E-state index contributed by atoms with van der Waals surface area (Å²) in [6, 6.07) is 2.32. The molecule has 3 aliphatic rings. The molecule has 0 spiro atoms. The molecule has 176 valence electrons. The smallest absolute Gasteiger partial charge is 0.270 e. The minimum atomic E-state index is -0.225. The van der Waals surface area contributed by atoms with Crippen LogP contribution in [-0.2, 0) is 11.3 Å². The van der Waals surface area contributed by atoms with Crippen LogP contribution in [0.1, 0.15) is 81.4 Å². The molecule has 1 saturated carbocycles. The fourth-order valence-electron chi connectivity index (χ4n) is 5.20. The summed E-state index contributed by atoms with van der Waals surface area (Å²) in [5, 5.41) is 9.80. The Labute approximate surface area is 205 Å². The van der Waals surface area contributed by atoms with E-state index < -0.39 is 0 Å². The lowest BCUT2D eigenvalue weighted by molar-refractivity contribution is -0.124. The predicted octanol–water partition coefficient (Wildman–Crippen LogP) is 4.96. The summed E-state index contributed by atoms with van der Waals surface area (Å²) in [4.78, 5) is 31.4. The summed E-state index contributed by atoms with van der Waals surface area (Å²) in [5.74, 6) is 0.818. The summed E-state index contributed by atoms with van der Waals surface area (Å²) < 4.78 is 2.40. The number of hydrogen-bond acceptors (Lipinski definition) is 6. The van der Waals surface area contributed by atoms with Gasteiger partial charge in [-0.3, -0.25) is 19.1 Å². The maximum Gasteiger partial charge on any atom is 0.270 e. The molecule has 0 N–H and O–H groups in total. The second-order valence-electron chi connectivity index (χ2n) is 9.20. The van der Waals surface area contributed by atoms with Gasteiger partial charge in [0.25, 0.3) is 11.5 Å². The van der Waals surface area contributed by atoms with Crippen molar-refractivity contribution in [3.8, 4) is 6.07 Å². The molecular formula is C25H32N4O2S2. The summed E-state index contributed by atoms with van der Waals surface area (Å²) >= 11 is 6.98. The van der Waals surface area contributed by atoms with Gasteiger partial charge in [-0.05, 0) is 50.7 Å². The monoisotopic (exact) mass is 484 g/mol. The van der Waals surface area contributed by atoms with E-state index in [0.717, 1.165) is 75.8 Å². The SMILES string of the molecule is CCCCn1c(N2CCCC2)c(/C=C2/SC(=S)N(C3CCCCC3)C2=O)c(C)c(C#N)c1=O. The van der Waals surface area contributed by atoms with Gasteiger partial charge >= 0.3 is 0 Å². The quantitative estimate of drug-likeness (QED) is 0.420. The maximum atomic E-state index is 13.4. The zero-order chi connectivity index (χ0) is 23.5. The molecule has 3 fully saturated rings. The Balaban J connectivity index is 1.83. The molecule has 6 nitrogen and oxygen atoms in total. The lowest BCUT2D eigenvalue weighted by Crippen LogP contribution is -2.39. The number of hydrogen-bond donors (Lipinski definition) is 0. The molecule has 3 heterocycles. The molecule has 1 aromatic rings. The second kappa shape index (κ2) is 10.4. The van der Waals surface area contributed by atoms with Crippen LogP contribution in [0, 0.1) is 18.3 Å². The van der Waals surface area contributed by atoms with Crippen molar-refractivity contribution in [2.45, 2.75) is 84.2 Å².